The van der Waals surface area contributed by atoms with Gasteiger partial charge in [0.25, 0.3) is 5.91 Å². The lowest BCUT2D eigenvalue weighted by molar-refractivity contribution is 0.0950. The Kier molecular flexibility index (Phi) is 5.59. The van der Waals surface area contributed by atoms with E-state index in [0.717, 1.165) is 16.8 Å². The van der Waals surface area contributed by atoms with Gasteiger partial charge in [0, 0.05) is 25.0 Å². The number of carbonyl (C=O) groups is 1. The molecule has 4 nitrogen and oxygen atoms in total. The van der Waals surface area contributed by atoms with Crippen molar-refractivity contribution in [3.8, 4) is 0 Å². The third kappa shape index (κ3) is 4.66. The molecular formula is C21H20FN3O. The van der Waals surface area contributed by atoms with Crippen LogP contribution < -0.4 is 10.6 Å². The molecule has 1 atom stereocenters. The molecule has 0 radical (unpaired) electrons. The minimum atomic E-state index is -0.296. The van der Waals surface area contributed by atoms with E-state index in [0.29, 0.717) is 12.1 Å². The van der Waals surface area contributed by atoms with Crippen LogP contribution in [0.15, 0.2) is 73.1 Å². The Morgan fingerprint density at radius 1 is 1.08 bits per heavy atom. The summed E-state index contributed by atoms with van der Waals surface area (Å²) in [7, 11) is 0. The summed E-state index contributed by atoms with van der Waals surface area (Å²) in [5.74, 6) is -0.520. The number of anilines is 1. The molecule has 0 fully saturated rings. The molecule has 0 saturated heterocycles. The normalized spacial score (nSPS) is 11.6. The molecule has 2 aromatic carbocycles. The van der Waals surface area contributed by atoms with Gasteiger partial charge in [-0.3, -0.25) is 9.78 Å². The standard InChI is InChI=1S/C21H20FN3O/c1-15(17-5-3-2-4-6-17)25-20-11-18(13-23-14-20)21(26)24-12-16-7-9-19(22)10-8-16/h2-11,13-15,25H,12H2,1H3,(H,24,26). The molecule has 132 valence electrons. The number of carbonyl (C=O) groups excluding carboxylic acids is 1. The second-order valence-electron chi connectivity index (χ2n) is 6.05. The van der Waals surface area contributed by atoms with Crippen LogP contribution in [0, 0.1) is 5.82 Å². The third-order valence-corrected chi connectivity index (χ3v) is 4.05. The molecule has 0 saturated carbocycles. The Morgan fingerprint density at radius 3 is 2.54 bits per heavy atom. The van der Waals surface area contributed by atoms with E-state index < -0.39 is 0 Å². The average molecular weight is 349 g/mol. The second kappa shape index (κ2) is 8.25. The number of aromatic nitrogens is 1. The lowest BCUT2D eigenvalue weighted by Gasteiger charge is -2.16. The highest BCUT2D eigenvalue weighted by Gasteiger charge is 2.09. The summed E-state index contributed by atoms with van der Waals surface area (Å²) in [6.07, 6.45) is 3.22. The average Bonchev–Trinajstić information content (AvgIpc) is 2.68. The summed E-state index contributed by atoms with van der Waals surface area (Å²) in [5.41, 5.74) is 3.23. The second-order valence-corrected chi connectivity index (χ2v) is 6.05. The summed E-state index contributed by atoms with van der Waals surface area (Å²) < 4.78 is 12.9. The highest BCUT2D eigenvalue weighted by Crippen LogP contribution is 2.19. The van der Waals surface area contributed by atoms with Crippen LogP contribution in [-0.2, 0) is 6.54 Å². The molecule has 0 spiro atoms. The fourth-order valence-electron chi connectivity index (χ4n) is 2.60. The summed E-state index contributed by atoms with van der Waals surface area (Å²) in [5, 5.41) is 6.17. The lowest BCUT2D eigenvalue weighted by Crippen LogP contribution is -2.23. The number of rotatable bonds is 6. The highest BCUT2D eigenvalue weighted by atomic mass is 19.1. The number of benzene rings is 2. The van der Waals surface area contributed by atoms with Gasteiger partial charge in [-0.15, -0.1) is 0 Å². The summed E-state index contributed by atoms with van der Waals surface area (Å²) in [4.78, 5) is 16.5. The molecule has 2 N–H and O–H groups in total. The zero-order valence-corrected chi connectivity index (χ0v) is 14.4. The molecule has 3 aromatic rings. The molecule has 0 aliphatic heterocycles. The van der Waals surface area contributed by atoms with E-state index in [1.807, 2.05) is 30.3 Å². The molecule has 1 amide bonds. The zero-order chi connectivity index (χ0) is 18.4. The van der Waals surface area contributed by atoms with E-state index in [1.54, 1.807) is 24.4 Å². The van der Waals surface area contributed by atoms with E-state index in [4.69, 9.17) is 0 Å². The van der Waals surface area contributed by atoms with Crippen LogP contribution in [0.5, 0.6) is 0 Å². The topological polar surface area (TPSA) is 54.0 Å². The Balaban J connectivity index is 1.62. The number of halogens is 1. The minimum absolute atomic E-state index is 0.0931. The van der Waals surface area contributed by atoms with Crippen molar-refractivity contribution < 1.29 is 9.18 Å². The summed E-state index contributed by atoms with van der Waals surface area (Å²) in [6.45, 7) is 2.38. The van der Waals surface area contributed by atoms with Crippen LogP contribution in [0.3, 0.4) is 0 Å². The smallest absolute Gasteiger partial charge is 0.253 e. The van der Waals surface area contributed by atoms with Crippen LogP contribution in [0.25, 0.3) is 0 Å². The monoisotopic (exact) mass is 349 g/mol. The zero-order valence-electron chi connectivity index (χ0n) is 14.4. The fraction of sp³-hybridized carbons (Fsp3) is 0.143. The SMILES string of the molecule is CC(Nc1cncc(C(=O)NCc2ccc(F)cc2)c1)c1ccccc1. The maximum Gasteiger partial charge on any atom is 0.253 e. The number of nitrogens with zero attached hydrogens (tertiary/aromatic N) is 1. The van der Waals surface area contributed by atoms with Crippen LogP contribution in [0.1, 0.15) is 34.5 Å². The van der Waals surface area contributed by atoms with E-state index in [2.05, 4.69) is 22.5 Å². The van der Waals surface area contributed by atoms with Crippen molar-refractivity contribution in [3.05, 3.63) is 95.6 Å². The predicted octanol–water partition coefficient (Wildman–Crippen LogP) is 4.32. The van der Waals surface area contributed by atoms with E-state index in [1.165, 1.54) is 18.3 Å². The Bertz CT molecular complexity index is 866. The first-order valence-corrected chi connectivity index (χ1v) is 8.41. The molecule has 0 aliphatic carbocycles. The van der Waals surface area contributed by atoms with Gasteiger partial charge in [-0.2, -0.15) is 0 Å². The van der Waals surface area contributed by atoms with Crippen molar-refractivity contribution >= 4 is 11.6 Å². The van der Waals surface area contributed by atoms with Gasteiger partial charge in [-0.1, -0.05) is 42.5 Å². The minimum Gasteiger partial charge on any atom is -0.377 e. The van der Waals surface area contributed by atoms with Gasteiger partial charge in [-0.25, -0.2) is 4.39 Å². The number of pyridine rings is 1. The van der Waals surface area contributed by atoms with E-state index in [-0.39, 0.29) is 17.8 Å². The number of nitrogens with one attached hydrogen (secondary N) is 2. The van der Waals surface area contributed by atoms with Crippen LogP contribution in [-0.4, -0.2) is 10.9 Å². The molecule has 0 aliphatic rings. The molecule has 1 aromatic heterocycles. The van der Waals surface area contributed by atoms with Crippen molar-refractivity contribution in [3.63, 3.8) is 0 Å². The number of amides is 1. The summed E-state index contributed by atoms with van der Waals surface area (Å²) >= 11 is 0. The van der Waals surface area contributed by atoms with Gasteiger partial charge in [0.05, 0.1) is 11.3 Å². The van der Waals surface area contributed by atoms with Gasteiger partial charge < -0.3 is 10.6 Å². The van der Waals surface area contributed by atoms with Crippen molar-refractivity contribution in [1.29, 1.82) is 0 Å². The molecule has 26 heavy (non-hydrogen) atoms. The van der Waals surface area contributed by atoms with Crippen molar-refractivity contribution in [2.24, 2.45) is 0 Å². The molecule has 1 heterocycles. The summed E-state index contributed by atoms with van der Waals surface area (Å²) in [6, 6.07) is 18.0. The first-order chi connectivity index (χ1) is 12.6. The molecular weight excluding hydrogens is 329 g/mol. The lowest BCUT2D eigenvalue weighted by atomic mass is 10.1. The van der Waals surface area contributed by atoms with Gasteiger partial charge >= 0.3 is 0 Å². The molecule has 5 heteroatoms. The number of hydrogen-bond donors (Lipinski definition) is 2. The fourth-order valence-corrected chi connectivity index (χ4v) is 2.60. The quantitative estimate of drug-likeness (QED) is 0.697. The van der Waals surface area contributed by atoms with Gasteiger partial charge in [0.15, 0.2) is 0 Å². The molecule has 3 rings (SSSR count). The molecule has 1 unspecified atom stereocenters. The third-order valence-electron chi connectivity index (χ3n) is 4.05. The Morgan fingerprint density at radius 2 is 1.81 bits per heavy atom. The van der Waals surface area contributed by atoms with Crippen LogP contribution >= 0.6 is 0 Å². The van der Waals surface area contributed by atoms with Crippen molar-refractivity contribution in [1.82, 2.24) is 10.3 Å². The van der Waals surface area contributed by atoms with Crippen LogP contribution in [0.4, 0.5) is 10.1 Å². The van der Waals surface area contributed by atoms with E-state index >= 15 is 0 Å². The Hall–Kier alpha value is -3.21. The van der Waals surface area contributed by atoms with E-state index in [9.17, 15) is 9.18 Å². The van der Waals surface area contributed by atoms with Crippen molar-refractivity contribution in [2.45, 2.75) is 19.5 Å². The predicted molar refractivity (Wildman–Crippen MR) is 100 cm³/mol. The largest absolute Gasteiger partial charge is 0.377 e. The first-order valence-electron chi connectivity index (χ1n) is 8.41. The maximum absolute atomic E-state index is 12.9. The highest BCUT2D eigenvalue weighted by molar-refractivity contribution is 5.94. The Labute approximate surface area is 152 Å². The molecule has 0 bridgehead atoms. The first kappa shape index (κ1) is 17.6. The van der Waals surface area contributed by atoms with Gasteiger partial charge in [0.2, 0.25) is 0 Å². The van der Waals surface area contributed by atoms with Crippen LogP contribution in [0.2, 0.25) is 0 Å². The van der Waals surface area contributed by atoms with Crippen molar-refractivity contribution in [2.75, 3.05) is 5.32 Å². The van der Waals surface area contributed by atoms with Gasteiger partial charge in [-0.05, 0) is 36.2 Å². The number of hydrogen-bond acceptors (Lipinski definition) is 3. The maximum atomic E-state index is 12.9. The van der Waals surface area contributed by atoms with Gasteiger partial charge in [0.1, 0.15) is 5.82 Å².